The lowest BCUT2D eigenvalue weighted by atomic mass is 9.85. The lowest BCUT2D eigenvalue weighted by Crippen LogP contribution is -2.37. The smallest absolute Gasteiger partial charge is 0.131 e. The zero-order valence-electron chi connectivity index (χ0n) is 16.9. The van der Waals surface area contributed by atoms with Gasteiger partial charge in [-0.25, -0.2) is 0 Å². The number of nitrogens with zero attached hydrogens (tertiary/aromatic N) is 2. The normalized spacial score (nSPS) is 19.8. The predicted octanol–water partition coefficient (Wildman–Crippen LogP) is 3.88. The molecule has 6 nitrogen and oxygen atoms in total. The van der Waals surface area contributed by atoms with Gasteiger partial charge in [0, 0.05) is 43.4 Å². The number of nitrogens with one attached hydrogen (secondary N) is 1. The Bertz CT molecular complexity index is 766. The van der Waals surface area contributed by atoms with Gasteiger partial charge in [0.15, 0.2) is 0 Å². The summed E-state index contributed by atoms with van der Waals surface area (Å²) in [5, 5.41) is 7.53. The molecule has 152 valence electrons. The number of hydrogen-bond acceptors (Lipinski definition) is 5. The van der Waals surface area contributed by atoms with E-state index in [-0.39, 0.29) is 0 Å². The number of H-pyrrole nitrogens is 1. The molecular formula is C22H31N3O3. The van der Waals surface area contributed by atoms with Crippen LogP contribution in [0.2, 0.25) is 0 Å². The number of rotatable bonds is 9. The average molecular weight is 386 g/mol. The Labute approximate surface area is 167 Å². The van der Waals surface area contributed by atoms with Crippen LogP contribution in [-0.2, 0) is 11.3 Å². The molecule has 1 atom stereocenters. The molecule has 1 aromatic heterocycles. The minimum atomic E-state index is 0.367. The topological polar surface area (TPSA) is 59.6 Å². The minimum absolute atomic E-state index is 0.367. The molecule has 1 aromatic carbocycles. The number of benzene rings is 1. The summed E-state index contributed by atoms with van der Waals surface area (Å²) in [5.74, 6) is 2.40. The van der Waals surface area contributed by atoms with Gasteiger partial charge in [-0.2, -0.15) is 5.10 Å². The van der Waals surface area contributed by atoms with Crippen molar-refractivity contribution in [2.75, 3.05) is 33.9 Å². The Balaban J connectivity index is 1.54. The first-order chi connectivity index (χ1) is 13.8. The zero-order chi connectivity index (χ0) is 19.3. The lowest BCUT2D eigenvalue weighted by molar-refractivity contribution is 0.0581. The van der Waals surface area contributed by atoms with Crippen LogP contribution in [-0.4, -0.2) is 55.1 Å². The molecule has 28 heavy (non-hydrogen) atoms. The highest BCUT2D eigenvalue weighted by Crippen LogP contribution is 2.35. The van der Waals surface area contributed by atoms with Crippen molar-refractivity contribution >= 4 is 0 Å². The highest BCUT2D eigenvalue weighted by Gasteiger charge is 2.26. The van der Waals surface area contributed by atoms with Crippen LogP contribution in [0.5, 0.6) is 11.5 Å². The Kier molecular flexibility index (Phi) is 6.17. The second-order valence-electron chi connectivity index (χ2n) is 7.96. The molecule has 1 aliphatic heterocycles. The molecule has 4 rings (SSSR count). The van der Waals surface area contributed by atoms with Crippen molar-refractivity contribution in [3.05, 3.63) is 30.0 Å². The summed E-state index contributed by atoms with van der Waals surface area (Å²) < 4.78 is 16.9. The van der Waals surface area contributed by atoms with Crippen LogP contribution in [0.4, 0.5) is 0 Å². The Morgan fingerprint density at radius 3 is 2.71 bits per heavy atom. The third kappa shape index (κ3) is 4.33. The van der Waals surface area contributed by atoms with E-state index < -0.39 is 0 Å². The predicted molar refractivity (Wildman–Crippen MR) is 109 cm³/mol. The van der Waals surface area contributed by atoms with Crippen molar-refractivity contribution in [1.82, 2.24) is 15.1 Å². The maximum Gasteiger partial charge on any atom is 0.131 e. The fraction of sp³-hybridized carbons (Fsp3) is 0.591. The van der Waals surface area contributed by atoms with Crippen LogP contribution in [0.15, 0.2) is 24.4 Å². The highest BCUT2D eigenvalue weighted by atomic mass is 16.5. The molecule has 6 heteroatoms. The second kappa shape index (κ2) is 8.97. The van der Waals surface area contributed by atoms with Gasteiger partial charge in [-0.15, -0.1) is 0 Å². The van der Waals surface area contributed by atoms with E-state index in [0.29, 0.717) is 6.10 Å². The molecular weight excluding hydrogens is 354 g/mol. The molecule has 1 saturated carbocycles. The van der Waals surface area contributed by atoms with E-state index in [1.165, 1.54) is 37.7 Å². The molecule has 1 saturated heterocycles. The van der Waals surface area contributed by atoms with Crippen LogP contribution in [0, 0.1) is 5.92 Å². The maximum absolute atomic E-state index is 5.91. The van der Waals surface area contributed by atoms with Crippen molar-refractivity contribution in [2.24, 2.45) is 5.92 Å². The quantitative estimate of drug-likeness (QED) is 0.710. The second-order valence-corrected chi connectivity index (χ2v) is 7.96. The molecule has 2 aliphatic rings. The van der Waals surface area contributed by atoms with E-state index in [1.54, 1.807) is 14.2 Å². The van der Waals surface area contributed by atoms with Crippen molar-refractivity contribution in [2.45, 2.75) is 44.8 Å². The first kappa shape index (κ1) is 19.3. The summed E-state index contributed by atoms with van der Waals surface area (Å²) in [7, 11) is 3.36. The first-order valence-electron chi connectivity index (χ1n) is 10.4. The lowest BCUT2D eigenvalue weighted by Gasteiger charge is -2.33. The van der Waals surface area contributed by atoms with E-state index >= 15 is 0 Å². The van der Waals surface area contributed by atoms with E-state index in [9.17, 15) is 0 Å². The van der Waals surface area contributed by atoms with Gasteiger partial charge in [-0.3, -0.25) is 10.00 Å². The van der Waals surface area contributed by atoms with Crippen LogP contribution < -0.4 is 9.47 Å². The summed E-state index contributed by atoms with van der Waals surface area (Å²) in [6.45, 7) is 3.92. The van der Waals surface area contributed by atoms with Crippen molar-refractivity contribution in [3.8, 4) is 22.8 Å². The molecule has 0 spiro atoms. The van der Waals surface area contributed by atoms with Gasteiger partial charge in [0.2, 0.25) is 0 Å². The summed E-state index contributed by atoms with van der Waals surface area (Å²) in [6, 6.07) is 5.91. The molecule has 1 unspecified atom stereocenters. The molecule has 1 aliphatic carbocycles. The molecule has 0 radical (unpaired) electrons. The maximum atomic E-state index is 5.91. The minimum Gasteiger partial charge on any atom is -0.497 e. The number of methoxy groups -OCH3 is 2. The number of aromatic amines is 1. The van der Waals surface area contributed by atoms with Gasteiger partial charge >= 0.3 is 0 Å². The Hall–Kier alpha value is -2.05. The third-order valence-corrected chi connectivity index (χ3v) is 6.02. The van der Waals surface area contributed by atoms with Gasteiger partial charge in [0.1, 0.15) is 11.5 Å². The van der Waals surface area contributed by atoms with Gasteiger partial charge in [-0.1, -0.05) is 6.42 Å². The van der Waals surface area contributed by atoms with Gasteiger partial charge < -0.3 is 14.2 Å². The molecule has 0 amide bonds. The summed E-state index contributed by atoms with van der Waals surface area (Å²) in [6.07, 6.45) is 8.75. The van der Waals surface area contributed by atoms with Crippen molar-refractivity contribution in [3.63, 3.8) is 0 Å². The number of ether oxygens (including phenoxy) is 3. The molecule has 0 bridgehead atoms. The van der Waals surface area contributed by atoms with Crippen LogP contribution in [0.3, 0.4) is 0 Å². The van der Waals surface area contributed by atoms with Gasteiger partial charge in [-0.05, 0) is 43.7 Å². The van der Waals surface area contributed by atoms with E-state index in [4.69, 9.17) is 14.2 Å². The average Bonchev–Trinajstić information content (AvgIpc) is 3.36. The Morgan fingerprint density at radius 1 is 1.14 bits per heavy atom. The molecule has 1 N–H and O–H groups in total. The van der Waals surface area contributed by atoms with Gasteiger partial charge in [0.25, 0.3) is 0 Å². The van der Waals surface area contributed by atoms with Crippen LogP contribution in [0.1, 0.15) is 37.7 Å². The third-order valence-electron chi connectivity index (χ3n) is 6.02. The van der Waals surface area contributed by atoms with Crippen LogP contribution in [0.25, 0.3) is 11.3 Å². The Morgan fingerprint density at radius 2 is 2.04 bits per heavy atom. The monoisotopic (exact) mass is 385 g/mol. The largest absolute Gasteiger partial charge is 0.497 e. The van der Waals surface area contributed by atoms with E-state index in [2.05, 4.69) is 15.1 Å². The first-order valence-corrected chi connectivity index (χ1v) is 10.4. The summed E-state index contributed by atoms with van der Waals surface area (Å²) in [5.41, 5.74) is 3.22. The highest BCUT2D eigenvalue weighted by molar-refractivity contribution is 5.71. The standard InChI is InChI=1S/C22H31N3O3/c1-26-18-8-9-20(21(11-18)27-2)22-17(12-23-24-22)14-25(13-16-5-3-6-16)15-19-7-4-10-28-19/h8-9,11-12,16,19H,3-7,10,13-15H2,1-2H3,(H,23,24). The van der Waals surface area contributed by atoms with Crippen LogP contribution >= 0.6 is 0 Å². The zero-order valence-corrected chi connectivity index (χ0v) is 16.9. The van der Waals surface area contributed by atoms with E-state index in [1.807, 2.05) is 24.4 Å². The van der Waals surface area contributed by atoms with Crippen molar-refractivity contribution in [1.29, 1.82) is 0 Å². The molecule has 2 heterocycles. The van der Waals surface area contributed by atoms with Crippen molar-refractivity contribution < 1.29 is 14.2 Å². The fourth-order valence-corrected chi connectivity index (χ4v) is 4.23. The number of hydrogen-bond donors (Lipinski definition) is 1. The SMILES string of the molecule is COc1ccc(-c2[nH]ncc2CN(CC2CCC2)CC2CCCO2)c(OC)c1. The van der Waals surface area contributed by atoms with Gasteiger partial charge in [0.05, 0.1) is 32.2 Å². The summed E-state index contributed by atoms with van der Waals surface area (Å²) >= 11 is 0. The summed E-state index contributed by atoms with van der Waals surface area (Å²) in [4.78, 5) is 2.56. The fourth-order valence-electron chi connectivity index (χ4n) is 4.23. The van der Waals surface area contributed by atoms with E-state index in [0.717, 1.165) is 54.9 Å². The number of aromatic nitrogens is 2. The molecule has 2 aromatic rings. The molecule has 2 fully saturated rings.